The summed E-state index contributed by atoms with van der Waals surface area (Å²) in [4.78, 5) is 20.4. The second-order valence-electron chi connectivity index (χ2n) is 6.07. The van der Waals surface area contributed by atoms with Gasteiger partial charge in [0.1, 0.15) is 18.7 Å². The molecular formula is C16H32IN7O2. The first kappa shape index (κ1) is 24.4. The average molecular weight is 481 g/mol. The number of halogens is 1. The molecule has 0 aliphatic carbocycles. The number of carbonyl (C=O) groups excluding carboxylic acids is 1. The molecule has 0 fully saturated rings. The van der Waals surface area contributed by atoms with Gasteiger partial charge in [-0.25, -0.2) is 14.8 Å². The molecule has 1 aromatic rings. The molecule has 26 heavy (non-hydrogen) atoms. The molecule has 150 valence electrons. The van der Waals surface area contributed by atoms with E-state index < -0.39 is 6.09 Å². The molecule has 1 aromatic heterocycles. The van der Waals surface area contributed by atoms with Crippen molar-refractivity contribution < 1.29 is 9.53 Å². The molecule has 0 spiro atoms. The Morgan fingerprint density at radius 3 is 2.62 bits per heavy atom. The number of hydrogen-bond acceptors (Lipinski definition) is 5. The Hall–Kier alpha value is -1.59. The van der Waals surface area contributed by atoms with Crippen LogP contribution in [0.1, 0.15) is 39.9 Å². The van der Waals surface area contributed by atoms with Gasteiger partial charge in [0, 0.05) is 26.2 Å². The fourth-order valence-corrected chi connectivity index (χ4v) is 2.28. The molecule has 1 rings (SSSR count). The molecule has 0 radical (unpaired) electrons. The topological polar surface area (TPSA) is 105 Å². The van der Waals surface area contributed by atoms with Crippen LogP contribution in [0.2, 0.25) is 0 Å². The lowest BCUT2D eigenvalue weighted by Crippen LogP contribution is -2.47. The number of carbonyl (C=O) groups is 1. The fraction of sp³-hybridized carbons (Fsp3) is 0.750. The van der Waals surface area contributed by atoms with Gasteiger partial charge < -0.3 is 20.7 Å². The lowest BCUT2D eigenvalue weighted by molar-refractivity contribution is 0.146. The van der Waals surface area contributed by atoms with Crippen LogP contribution in [0.4, 0.5) is 4.79 Å². The number of rotatable bonds is 9. The summed E-state index contributed by atoms with van der Waals surface area (Å²) in [5.74, 6) is 1.90. The third kappa shape index (κ3) is 9.78. The Bertz CT molecular complexity index is 548. The Balaban J connectivity index is 0.00000625. The highest BCUT2D eigenvalue weighted by atomic mass is 127. The number of aliphatic imine (C=N–C) groups is 1. The predicted molar refractivity (Wildman–Crippen MR) is 113 cm³/mol. The van der Waals surface area contributed by atoms with E-state index in [0.717, 1.165) is 18.8 Å². The highest BCUT2D eigenvalue weighted by molar-refractivity contribution is 14.0. The summed E-state index contributed by atoms with van der Waals surface area (Å²) >= 11 is 0. The van der Waals surface area contributed by atoms with E-state index in [0.29, 0.717) is 31.6 Å². The van der Waals surface area contributed by atoms with Crippen molar-refractivity contribution in [2.24, 2.45) is 18.0 Å². The number of amides is 1. The second-order valence-corrected chi connectivity index (χ2v) is 6.07. The Morgan fingerprint density at radius 2 is 2.08 bits per heavy atom. The average Bonchev–Trinajstić information content (AvgIpc) is 2.94. The van der Waals surface area contributed by atoms with Gasteiger partial charge in [-0.2, -0.15) is 5.10 Å². The zero-order valence-corrected chi connectivity index (χ0v) is 18.6. The van der Waals surface area contributed by atoms with E-state index in [9.17, 15) is 4.79 Å². The van der Waals surface area contributed by atoms with E-state index in [1.54, 1.807) is 11.6 Å². The second kappa shape index (κ2) is 13.6. The Labute approximate surface area is 172 Å². The van der Waals surface area contributed by atoms with E-state index in [2.05, 4.69) is 44.9 Å². The van der Waals surface area contributed by atoms with Crippen molar-refractivity contribution in [3.05, 3.63) is 12.2 Å². The van der Waals surface area contributed by atoms with Crippen LogP contribution in [0, 0.1) is 5.92 Å². The smallest absolute Gasteiger partial charge is 0.407 e. The molecule has 1 amide bonds. The van der Waals surface area contributed by atoms with Crippen molar-refractivity contribution in [2.75, 3.05) is 19.7 Å². The Morgan fingerprint density at radius 1 is 1.35 bits per heavy atom. The van der Waals surface area contributed by atoms with E-state index in [4.69, 9.17) is 4.74 Å². The highest BCUT2D eigenvalue weighted by Crippen LogP contribution is 2.04. The quantitative estimate of drug-likeness (QED) is 0.282. The van der Waals surface area contributed by atoms with E-state index in [1.807, 2.05) is 14.0 Å². The fourth-order valence-electron chi connectivity index (χ4n) is 2.28. The van der Waals surface area contributed by atoms with Gasteiger partial charge in [0.25, 0.3) is 0 Å². The predicted octanol–water partition coefficient (Wildman–Crippen LogP) is 1.65. The molecule has 0 saturated heterocycles. The number of nitrogens with one attached hydrogen (secondary N) is 3. The van der Waals surface area contributed by atoms with Crippen LogP contribution in [0.15, 0.2) is 11.3 Å². The van der Waals surface area contributed by atoms with Gasteiger partial charge >= 0.3 is 6.09 Å². The normalized spacial score (nSPS) is 12.3. The number of aryl methyl sites for hydroxylation is 1. The van der Waals surface area contributed by atoms with Gasteiger partial charge in [-0.3, -0.25) is 4.68 Å². The molecule has 3 N–H and O–H groups in total. The van der Waals surface area contributed by atoms with Crippen molar-refractivity contribution in [3.63, 3.8) is 0 Å². The summed E-state index contributed by atoms with van der Waals surface area (Å²) in [6.45, 7) is 10.1. The zero-order valence-electron chi connectivity index (χ0n) is 16.3. The molecule has 10 heteroatoms. The first-order valence-electron chi connectivity index (χ1n) is 8.74. The summed E-state index contributed by atoms with van der Waals surface area (Å²) in [5.41, 5.74) is 0. The summed E-state index contributed by atoms with van der Waals surface area (Å²) in [7, 11) is 1.83. The van der Waals surface area contributed by atoms with Gasteiger partial charge in [-0.1, -0.05) is 13.8 Å². The molecule has 0 aromatic carbocycles. The molecule has 9 nitrogen and oxygen atoms in total. The largest absolute Gasteiger partial charge is 0.450 e. The third-order valence-corrected chi connectivity index (χ3v) is 3.40. The lowest BCUT2D eigenvalue weighted by atomic mass is 10.0. The molecule has 0 bridgehead atoms. The van der Waals surface area contributed by atoms with Gasteiger partial charge in [0.05, 0.1) is 6.61 Å². The minimum absolute atomic E-state index is 0. The minimum Gasteiger partial charge on any atom is -0.450 e. The lowest BCUT2D eigenvalue weighted by Gasteiger charge is -2.22. The molecule has 0 aliphatic heterocycles. The van der Waals surface area contributed by atoms with Gasteiger partial charge in [0.2, 0.25) is 0 Å². The van der Waals surface area contributed by atoms with Crippen LogP contribution in [-0.4, -0.2) is 52.6 Å². The number of nitrogens with zero attached hydrogens (tertiary/aromatic N) is 4. The van der Waals surface area contributed by atoms with Crippen molar-refractivity contribution in [2.45, 2.75) is 46.7 Å². The van der Waals surface area contributed by atoms with Gasteiger partial charge in [-0.15, -0.1) is 24.0 Å². The molecule has 0 aliphatic rings. The van der Waals surface area contributed by atoms with E-state index in [-0.39, 0.29) is 30.0 Å². The van der Waals surface area contributed by atoms with Crippen molar-refractivity contribution in [1.29, 1.82) is 0 Å². The monoisotopic (exact) mass is 481 g/mol. The number of aromatic nitrogens is 3. The summed E-state index contributed by atoms with van der Waals surface area (Å²) in [5, 5.41) is 13.4. The van der Waals surface area contributed by atoms with E-state index >= 15 is 0 Å². The van der Waals surface area contributed by atoms with Crippen LogP contribution >= 0.6 is 24.0 Å². The van der Waals surface area contributed by atoms with Crippen LogP contribution in [-0.2, 0) is 18.3 Å². The molecule has 1 unspecified atom stereocenters. The maximum Gasteiger partial charge on any atom is 0.407 e. The SMILES string of the molecule is CCNC(=NCc1ncnn1C)NCC(CC(C)C)NC(=O)OCC.I. The van der Waals surface area contributed by atoms with Crippen LogP contribution in [0.3, 0.4) is 0 Å². The highest BCUT2D eigenvalue weighted by Gasteiger charge is 2.15. The number of hydrogen-bond donors (Lipinski definition) is 3. The molecule has 1 heterocycles. The van der Waals surface area contributed by atoms with Crippen molar-refractivity contribution in [3.8, 4) is 0 Å². The summed E-state index contributed by atoms with van der Waals surface area (Å²) < 4.78 is 6.67. The van der Waals surface area contributed by atoms with Crippen LogP contribution in [0.25, 0.3) is 0 Å². The van der Waals surface area contributed by atoms with Crippen molar-refractivity contribution >= 4 is 36.0 Å². The third-order valence-electron chi connectivity index (χ3n) is 3.40. The molecular weight excluding hydrogens is 449 g/mol. The number of guanidine groups is 1. The molecule has 0 saturated carbocycles. The van der Waals surface area contributed by atoms with Crippen molar-refractivity contribution in [1.82, 2.24) is 30.7 Å². The Kier molecular flexibility index (Phi) is 12.8. The summed E-state index contributed by atoms with van der Waals surface area (Å²) in [6, 6.07) is -0.0438. The first-order chi connectivity index (χ1) is 12.0. The van der Waals surface area contributed by atoms with Crippen LogP contribution < -0.4 is 16.0 Å². The maximum absolute atomic E-state index is 11.7. The van der Waals surface area contributed by atoms with E-state index in [1.165, 1.54) is 6.33 Å². The minimum atomic E-state index is -0.393. The summed E-state index contributed by atoms with van der Waals surface area (Å²) in [6.07, 6.45) is 1.96. The number of alkyl carbamates (subject to hydrolysis) is 1. The number of ether oxygens (including phenoxy) is 1. The van der Waals surface area contributed by atoms with Gasteiger partial charge in [-0.05, 0) is 26.2 Å². The van der Waals surface area contributed by atoms with Crippen LogP contribution in [0.5, 0.6) is 0 Å². The zero-order chi connectivity index (χ0) is 18.7. The van der Waals surface area contributed by atoms with Gasteiger partial charge in [0.15, 0.2) is 5.96 Å². The first-order valence-corrected chi connectivity index (χ1v) is 8.74. The standard InChI is InChI=1S/C16H31N7O2.HI/c1-6-17-15(19-10-14-20-11-21-23(14)5)18-9-13(8-12(3)4)22-16(24)25-7-2;/h11-13H,6-10H2,1-5H3,(H,22,24)(H2,17,18,19);1H. The maximum atomic E-state index is 11.7. The molecule has 1 atom stereocenters.